The second-order valence-corrected chi connectivity index (χ2v) is 5.95. The average Bonchev–Trinajstić information content (AvgIpc) is 2.59. The summed E-state index contributed by atoms with van der Waals surface area (Å²) in [7, 11) is 3.82. The quantitative estimate of drug-likeness (QED) is 0.809. The number of carbonyl (C=O) groups is 2. The largest absolute Gasteiger partial charge is 0.481 e. The molecular formula is C19H21FN2O3. The first-order chi connectivity index (χ1) is 11.9. The number of carbonyl (C=O) groups excluding carboxylic acids is 1. The maximum Gasteiger partial charge on any atom is 0.303 e. The molecule has 25 heavy (non-hydrogen) atoms. The normalized spacial score (nSPS) is 11.6. The summed E-state index contributed by atoms with van der Waals surface area (Å²) < 4.78 is 13.1. The van der Waals surface area contributed by atoms with Crippen LogP contribution in [0.25, 0.3) is 0 Å². The van der Waals surface area contributed by atoms with Gasteiger partial charge in [-0.25, -0.2) is 4.39 Å². The number of nitrogens with one attached hydrogen (secondary N) is 1. The van der Waals surface area contributed by atoms with Crippen molar-refractivity contribution in [3.8, 4) is 0 Å². The summed E-state index contributed by atoms with van der Waals surface area (Å²) in [5.41, 5.74) is 2.12. The Balaban J connectivity index is 2.15. The predicted molar refractivity (Wildman–Crippen MR) is 94.2 cm³/mol. The topological polar surface area (TPSA) is 69.6 Å². The molecule has 1 atom stereocenters. The molecule has 6 heteroatoms. The molecule has 0 radical (unpaired) electrons. The minimum absolute atomic E-state index is 0.0953. The fraction of sp³-hybridized carbons (Fsp3) is 0.263. The van der Waals surface area contributed by atoms with Gasteiger partial charge in [0, 0.05) is 31.8 Å². The Morgan fingerprint density at radius 1 is 1.08 bits per heavy atom. The van der Waals surface area contributed by atoms with Gasteiger partial charge >= 0.3 is 5.97 Å². The van der Waals surface area contributed by atoms with Crippen molar-refractivity contribution in [2.75, 3.05) is 19.0 Å². The predicted octanol–water partition coefficient (Wildman–Crippen LogP) is 3.23. The van der Waals surface area contributed by atoms with Crippen molar-refractivity contribution in [2.24, 2.45) is 0 Å². The highest BCUT2D eigenvalue weighted by Gasteiger charge is 2.17. The van der Waals surface area contributed by atoms with Crippen LogP contribution in [-0.2, 0) is 4.79 Å². The minimum Gasteiger partial charge on any atom is -0.481 e. The van der Waals surface area contributed by atoms with Crippen molar-refractivity contribution in [1.82, 2.24) is 5.32 Å². The average molecular weight is 344 g/mol. The smallest absolute Gasteiger partial charge is 0.303 e. The van der Waals surface area contributed by atoms with Crippen molar-refractivity contribution in [3.05, 3.63) is 65.5 Å². The Hall–Kier alpha value is -2.89. The first kappa shape index (κ1) is 18.4. The molecule has 0 spiro atoms. The summed E-state index contributed by atoms with van der Waals surface area (Å²) in [6.45, 7) is 0. The second-order valence-electron chi connectivity index (χ2n) is 5.95. The van der Waals surface area contributed by atoms with Crippen molar-refractivity contribution >= 4 is 17.6 Å². The minimum atomic E-state index is -0.948. The second kappa shape index (κ2) is 8.28. The van der Waals surface area contributed by atoms with E-state index in [1.54, 1.807) is 24.3 Å². The fourth-order valence-corrected chi connectivity index (χ4v) is 2.44. The molecule has 0 aromatic heterocycles. The molecule has 2 aromatic rings. The van der Waals surface area contributed by atoms with Gasteiger partial charge in [0.25, 0.3) is 5.91 Å². The van der Waals surface area contributed by atoms with Gasteiger partial charge in [-0.1, -0.05) is 12.1 Å². The van der Waals surface area contributed by atoms with E-state index < -0.39 is 12.0 Å². The Morgan fingerprint density at radius 3 is 2.20 bits per heavy atom. The maximum absolute atomic E-state index is 13.1. The number of anilines is 1. The van der Waals surface area contributed by atoms with Crippen LogP contribution in [0, 0.1) is 5.82 Å². The van der Waals surface area contributed by atoms with Crippen LogP contribution in [0.3, 0.4) is 0 Å². The van der Waals surface area contributed by atoms with Crippen LogP contribution in [0.5, 0.6) is 0 Å². The van der Waals surface area contributed by atoms with E-state index in [1.807, 2.05) is 31.1 Å². The van der Waals surface area contributed by atoms with Crippen molar-refractivity contribution in [1.29, 1.82) is 0 Å². The Kier molecular flexibility index (Phi) is 6.11. The van der Waals surface area contributed by atoms with Crippen LogP contribution in [0.2, 0.25) is 0 Å². The zero-order valence-electron chi connectivity index (χ0n) is 14.2. The van der Waals surface area contributed by atoms with Gasteiger partial charge in [-0.2, -0.15) is 0 Å². The summed E-state index contributed by atoms with van der Waals surface area (Å²) in [4.78, 5) is 25.3. The number of benzene rings is 2. The van der Waals surface area contributed by atoms with E-state index in [0.717, 1.165) is 5.69 Å². The molecule has 5 nitrogen and oxygen atoms in total. The lowest BCUT2D eigenvalue weighted by atomic mass is 10.0. The van der Waals surface area contributed by atoms with Crippen molar-refractivity contribution in [3.63, 3.8) is 0 Å². The third kappa shape index (κ3) is 5.31. The van der Waals surface area contributed by atoms with Gasteiger partial charge < -0.3 is 15.3 Å². The molecule has 0 saturated heterocycles. The van der Waals surface area contributed by atoms with Crippen LogP contribution in [0.4, 0.5) is 10.1 Å². The lowest BCUT2D eigenvalue weighted by Gasteiger charge is -2.19. The van der Waals surface area contributed by atoms with E-state index in [0.29, 0.717) is 11.1 Å². The molecule has 2 N–H and O–H groups in total. The lowest BCUT2D eigenvalue weighted by molar-refractivity contribution is -0.137. The number of halogens is 1. The SMILES string of the molecule is CN(C)c1ccc(C(=O)NC(CCC(=O)O)c2ccc(F)cc2)cc1. The van der Waals surface area contributed by atoms with Gasteiger partial charge in [0.1, 0.15) is 5.82 Å². The molecule has 1 unspecified atom stereocenters. The number of amides is 1. The van der Waals surface area contributed by atoms with E-state index in [4.69, 9.17) is 5.11 Å². The Morgan fingerprint density at radius 2 is 1.68 bits per heavy atom. The van der Waals surface area contributed by atoms with Crippen molar-refractivity contribution < 1.29 is 19.1 Å². The van der Waals surface area contributed by atoms with Gasteiger partial charge in [0.2, 0.25) is 0 Å². The van der Waals surface area contributed by atoms with Crippen LogP contribution in [0.15, 0.2) is 48.5 Å². The number of rotatable bonds is 7. The Labute approximate surface area is 146 Å². The third-order valence-corrected chi connectivity index (χ3v) is 3.87. The molecule has 0 aliphatic carbocycles. The molecule has 0 aliphatic heterocycles. The summed E-state index contributed by atoms with van der Waals surface area (Å²) in [6, 6.07) is 12.3. The van der Waals surface area contributed by atoms with E-state index in [9.17, 15) is 14.0 Å². The summed E-state index contributed by atoms with van der Waals surface area (Å²) in [5.74, 6) is -1.63. The highest BCUT2D eigenvalue weighted by molar-refractivity contribution is 5.94. The fourth-order valence-electron chi connectivity index (χ4n) is 2.44. The molecule has 132 valence electrons. The van der Waals surface area contributed by atoms with Crippen LogP contribution < -0.4 is 10.2 Å². The van der Waals surface area contributed by atoms with E-state index in [2.05, 4.69) is 5.32 Å². The number of carboxylic acids is 1. The first-order valence-electron chi connectivity index (χ1n) is 7.92. The van der Waals surface area contributed by atoms with Gasteiger partial charge in [0.15, 0.2) is 0 Å². The molecule has 2 aromatic carbocycles. The number of hydrogen-bond donors (Lipinski definition) is 2. The molecular weight excluding hydrogens is 323 g/mol. The number of hydrogen-bond acceptors (Lipinski definition) is 3. The summed E-state index contributed by atoms with van der Waals surface area (Å²) in [6.07, 6.45) is 0.129. The molecule has 0 fully saturated rings. The first-order valence-corrected chi connectivity index (χ1v) is 7.92. The van der Waals surface area contributed by atoms with Crippen LogP contribution in [-0.4, -0.2) is 31.1 Å². The van der Waals surface area contributed by atoms with Gasteiger partial charge in [-0.05, 0) is 48.4 Å². The summed E-state index contributed by atoms with van der Waals surface area (Å²) >= 11 is 0. The molecule has 1 amide bonds. The highest BCUT2D eigenvalue weighted by Crippen LogP contribution is 2.20. The maximum atomic E-state index is 13.1. The zero-order valence-corrected chi connectivity index (χ0v) is 14.2. The van der Waals surface area contributed by atoms with Crippen LogP contribution in [0.1, 0.15) is 34.8 Å². The number of aliphatic carboxylic acids is 1. The van der Waals surface area contributed by atoms with E-state index in [-0.39, 0.29) is 24.6 Å². The number of carboxylic acid groups (broad SMARTS) is 1. The van der Waals surface area contributed by atoms with E-state index >= 15 is 0 Å². The zero-order chi connectivity index (χ0) is 18.4. The standard InChI is InChI=1S/C19H21FN2O3/c1-22(2)16-9-5-14(6-10-16)19(25)21-17(11-12-18(23)24)13-3-7-15(20)8-4-13/h3-10,17H,11-12H2,1-2H3,(H,21,25)(H,23,24). The van der Waals surface area contributed by atoms with Gasteiger partial charge in [-0.3, -0.25) is 9.59 Å². The van der Waals surface area contributed by atoms with Gasteiger partial charge in [0.05, 0.1) is 6.04 Å². The molecule has 0 heterocycles. The molecule has 0 aliphatic rings. The van der Waals surface area contributed by atoms with Crippen molar-refractivity contribution in [2.45, 2.75) is 18.9 Å². The molecule has 2 rings (SSSR count). The van der Waals surface area contributed by atoms with E-state index in [1.165, 1.54) is 12.1 Å². The molecule has 0 saturated carbocycles. The Bertz CT molecular complexity index is 727. The summed E-state index contributed by atoms with van der Waals surface area (Å²) in [5, 5.41) is 11.7. The third-order valence-electron chi connectivity index (χ3n) is 3.87. The van der Waals surface area contributed by atoms with Crippen LogP contribution >= 0.6 is 0 Å². The number of nitrogens with zero attached hydrogens (tertiary/aromatic N) is 1. The highest BCUT2D eigenvalue weighted by atomic mass is 19.1. The van der Waals surface area contributed by atoms with Gasteiger partial charge in [-0.15, -0.1) is 0 Å². The lowest BCUT2D eigenvalue weighted by Crippen LogP contribution is -2.29. The molecule has 0 bridgehead atoms. The monoisotopic (exact) mass is 344 g/mol.